The summed E-state index contributed by atoms with van der Waals surface area (Å²) in [6.07, 6.45) is 0. The molecule has 0 amide bonds. The Balaban J connectivity index is 2.96. The lowest BCUT2D eigenvalue weighted by Crippen LogP contribution is -2.23. The third-order valence-corrected chi connectivity index (χ3v) is 2.61. The normalized spacial score (nSPS) is 10.5. The van der Waals surface area contributed by atoms with Crippen LogP contribution in [0.2, 0.25) is 0 Å². The summed E-state index contributed by atoms with van der Waals surface area (Å²) in [7, 11) is 2.00. The average Bonchev–Trinajstić information content (AvgIpc) is 2.28. The van der Waals surface area contributed by atoms with Gasteiger partial charge < -0.3 is 15.4 Å². The average molecular weight is 250 g/mol. The number of anilines is 2. The van der Waals surface area contributed by atoms with Gasteiger partial charge in [0.2, 0.25) is 0 Å². The van der Waals surface area contributed by atoms with E-state index in [-0.39, 0.29) is 5.97 Å². The molecule has 4 nitrogen and oxygen atoms in total. The molecule has 1 rings (SSSR count). The maximum absolute atomic E-state index is 11.7. The van der Waals surface area contributed by atoms with Crippen molar-refractivity contribution >= 4 is 17.3 Å². The van der Waals surface area contributed by atoms with Crippen molar-refractivity contribution in [1.82, 2.24) is 0 Å². The minimum absolute atomic E-state index is 0.352. The molecule has 1 aromatic rings. The van der Waals surface area contributed by atoms with Gasteiger partial charge in [-0.2, -0.15) is 0 Å². The molecule has 100 valence electrons. The first kappa shape index (κ1) is 14.4. The highest BCUT2D eigenvalue weighted by atomic mass is 16.5. The maximum Gasteiger partial charge on any atom is 0.340 e. The molecule has 0 bridgehead atoms. The molecular formula is C14H22N2O2. The van der Waals surface area contributed by atoms with Crippen LogP contribution in [0.4, 0.5) is 11.4 Å². The summed E-state index contributed by atoms with van der Waals surface area (Å²) in [6.45, 7) is 7.36. The van der Waals surface area contributed by atoms with Crippen LogP contribution in [0.25, 0.3) is 0 Å². The summed E-state index contributed by atoms with van der Waals surface area (Å²) < 4.78 is 4.99. The van der Waals surface area contributed by atoms with E-state index in [0.717, 1.165) is 12.2 Å². The monoisotopic (exact) mass is 250 g/mol. The second-order valence-corrected chi connectivity index (χ2v) is 4.77. The van der Waals surface area contributed by atoms with Gasteiger partial charge in [-0.1, -0.05) is 13.8 Å². The number of carbonyl (C=O) groups excluding carboxylic acids is 1. The van der Waals surface area contributed by atoms with Gasteiger partial charge in [0, 0.05) is 25.0 Å². The van der Waals surface area contributed by atoms with Crippen LogP contribution in [-0.4, -0.2) is 26.2 Å². The van der Waals surface area contributed by atoms with Gasteiger partial charge in [0.25, 0.3) is 0 Å². The van der Waals surface area contributed by atoms with Crippen molar-refractivity contribution in [3.05, 3.63) is 23.8 Å². The summed E-state index contributed by atoms with van der Waals surface area (Å²) in [5.74, 6) is 0.188. The largest absolute Gasteiger partial charge is 0.462 e. The lowest BCUT2D eigenvalue weighted by atomic mass is 10.1. The smallest absolute Gasteiger partial charge is 0.340 e. The standard InChI is InChI=1S/C14H22N2O2/c1-5-18-14(17)12-8-11(6-7-13(12)15)16(4)9-10(2)3/h6-8,10H,5,9,15H2,1-4H3. The van der Waals surface area contributed by atoms with Gasteiger partial charge in [0.1, 0.15) is 0 Å². The van der Waals surface area contributed by atoms with Gasteiger partial charge in [-0.3, -0.25) is 0 Å². The third kappa shape index (κ3) is 3.65. The van der Waals surface area contributed by atoms with E-state index in [1.54, 1.807) is 19.1 Å². The van der Waals surface area contributed by atoms with Gasteiger partial charge in [0.15, 0.2) is 0 Å². The molecule has 2 N–H and O–H groups in total. The molecule has 0 saturated carbocycles. The second-order valence-electron chi connectivity index (χ2n) is 4.77. The number of nitrogens with zero attached hydrogens (tertiary/aromatic N) is 1. The minimum atomic E-state index is -0.366. The summed E-state index contributed by atoms with van der Waals surface area (Å²) >= 11 is 0. The lowest BCUT2D eigenvalue weighted by Gasteiger charge is -2.22. The predicted molar refractivity (Wildman–Crippen MR) is 74.9 cm³/mol. The highest BCUT2D eigenvalue weighted by Gasteiger charge is 2.13. The van der Waals surface area contributed by atoms with Crippen molar-refractivity contribution in [3.8, 4) is 0 Å². The lowest BCUT2D eigenvalue weighted by molar-refractivity contribution is 0.0527. The molecule has 1 aromatic carbocycles. The van der Waals surface area contributed by atoms with Gasteiger partial charge in [-0.15, -0.1) is 0 Å². The van der Waals surface area contributed by atoms with E-state index in [9.17, 15) is 4.79 Å². The number of ether oxygens (including phenoxy) is 1. The predicted octanol–water partition coefficient (Wildman–Crippen LogP) is 2.54. The SMILES string of the molecule is CCOC(=O)c1cc(N(C)CC(C)C)ccc1N. The molecule has 0 heterocycles. The molecule has 0 fully saturated rings. The molecule has 4 heteroatoms. The van der Waals surface area contributed by atoms with Crippen LogP contribution in [0.3, 0.4) is 0 Å². The zero-order valence-corrected chi connectivity index (χ0v) is 11.6. The van der Waals surface area contributed by atoms with Crippen LogP contribution in [0.5, 0.6) is 0 Å². The van der Waals surface area contributed by atoms with Gasteiger partial charge in [-0.05, 0) is 31.0 Å². The molecule has 0 aromatic heterocycles. The summed E-state index contributed by atoms with van der Waals surface area (Å²) in [5.41, 5.74) is 7.66. The molecule has 0 spiro atoms. The molecule has 0 radical (unpaired) electrons. The summed E-state index contributed by atoms with van der Waals surface area (Å²) in [5, 5.41) is 0. The van der Waals surface area contributed by atoms with E-state index in [0.29, 0.717) is 23.8 Å². The Morgan fingerprint density at radius 2 is 2.11 bits per heavy atom. The van der Waals surface area contributed by atoms with Crippen molar-refractivity contribution in [3.63, 3.8) is 0 Å². The minimum Gasteiger partial charge on any atom is -0.462 e. The van der Waals surface area contributed by atoms with E-state index in [2.05, 4.69) is 18.7 Å². The fourth-order valence-electron chi connectivity index (χ4n) is 1.82. The molecule has 0 aliphatic rings. The first-order chi connectivity index (χ1) is 8.45. The molecule has 18 heavy (non-hydrogen) atoms. The Bertz CT molecular complexity index is 416. The summed E-state index contributed by atoms with van der Waals surface area (Å²) in [6, 6.07) is 5.45. The van der Waals surface area contributed by atoms with Crippen LogP contribution in [0.1, 0.15) is 31.1 Å². The van der Waals surface area contributed by atoms with E-state index < -0.39 is 0 Å². The Morgan fingerprint density at radius 1 is 1.44 bits per heavy atom. The Kier molecular flexibility index (Phi) is 5.01. The quantitative estimate of drug-likeness (QED) is 0.644. The number of hydrogen-bond acceptors (Lipinski definition) is 4. The first-order valence-corrected chi connectivity index (χ1v) is 6.23. The zero-order valence-electron chi connectivity index (χ0n) is 11.6. The molecule has 0 saturated heterocycles. The van der Waals surface area contributed by atoms with Crippen molar-refractivity contribution in [1.29, 1.82) is 0 Å². The fourth-order valence-corrected chi connectivity index (χ4v) is 1.82. The topological polar surface area (TPSA) is 55.6 Å². The van der Waals surface area contributed by atoms with Crippen LogP contribution < -0.4 is 10.6 Å². The van der Waals surface area contributed by atoms with Crippen LogP contribution in [0.15, 0.2) is 18.2 Å². The van der Waals surface area contributed by atoms with Crippen LogP contribution in [-0.2, 0) is 4.74 Å². The van der Waals surface area contributed by atoms with Crippen molar-refractivity contribution < 1.29 is 9.53 Å². The van der Waals surface area contributed by atoms with Gasteiger partial charge in [0.05, 0.1) is 12.2 Å². The number of rotatable bonds is 5. The van der Waals surface area contributed by atoms with Gasteiger partial charge >= 0.3 is 5.97 Å². The van der Waals surface area contributed by atoms with E-state index in [1.165, 1.54) is 0 Å². The van der Waals surface area contributed by atoms with Crippen LogP contribution in [0, 0.1) is 5.92 Å². The molecule has 0 atom stereocenters. The van der Waals surface area contributed by atoms with Crippen LogP contribution >= 0.6 is 0 Å². The van der Waals surface area contributed by atoms with Crippen molar-refractivity contribution in [2.45, 2.75) is 20.8 Å². The summed E-state index contributed by atoms with van der Waals surface area (Å²) in [4.78, 5) is 13.8. The molecule has 0 unspecified atom stereocenters. The van der Waals surface area contributed by atoms with E-state index in [1.807, 2.05) is 13.1 Å². The Hall–Kier alpha value is -1.71. The Morgan fingerprint density at radius 3 is 2.67 bits per heavy atom. The maximum atomic E-state index is 11.7. The molecule has 0 aliphatic heterocycles. The number of benzene rings is 1. The molecular weight excluding hydrogens is 228 g/mol. The number of nitrogens with two attached hydrogens (primary N) is 1. The molecule has 0 aliphatic carbocycles. The highest BCUT2D eigenvalue weighted by molar-refractivity contribution is 5.96. The third-order valence-electron chi connectivity index (χ3n) is 2.61. The Labute approximate surface area is 109 Å². The second kappa shape index (κ2) is 6.28. The number of nitrogen functional groups attached to an aromatic ring is 1. The van der Waals surface area contributed by atoms with Crippen molar-refractivity contribution in [2.75, 3.05) is 30.8 Å². The van der Waals surface area contributed by atoms with E-state index >= 15 is 0 Å². The first-order valence-electron chi connectivity index (χ1n) is 6.23. The fraction of sp³-hybridized carbons (Fsp3) is 0.500. The zero-order chi connectivity index (χ0) is 13.7. The van der Waals surface area contributed by atoms with Crippen molar-refractivity contribution in [2.24, 2.45) is 5.92 Å². The van der Waals surface area contributed by atoms with E-state index in [4.69, 9.17) is 10.5 Å². The highest BCUT2D eigenvalue weighted by Crippen LogP contribution is 2.22. The number of esters is 1. The number of carbonyl (C=O) groups is 1. The van der Waals surface area contributed by atoms with Gasteiger partial charge in [-0.25, -0.2) is 4.79 Å². The number of hydrogen-bond donors (Lipinski definition) is 1.